The SMILES string of the molecule is NCCCCNCS(=O)O. The van der Waals surface area contributed by atoms with Crippen molar-refractivity contribution in [2.45, 2.75) is 12.8 Å². The highest BCUT2D eigenvalue weighted by atomic mass is 32.2. The molecule has 0 aliphatic carbocycles. The van der Waals surface area contributed by atoms with Crippen LogP contribution in [-0.2, 0) is 11.1 Å². The quantitative estimate of drug-likeness (QED) is 0.367. The van der Waals surface area contributed by atoms with Crippen molar-refractivity contribution in [1.29, 1.82) is 0 Å². The van der Waals surface area contributed by atoms with E-state index in [0.29, 0.717) is 6.54 Å². The van der Waals surface area contributed by atoms with Gasteiger partial charge in [-0.2, -0.15) is 0 Å². The van der Waals surface area contributed by atoms with Crippen LogP contribution in [0.5, 0.6) is 0 Å². The van der Waals surface area contributed by atoms with Crippen molar-refractivity contribution >= 4 is 11.1 Å². The second-order valence-electron chi connectivity index (χ2n) is 1.96. The number of nitrogens with two attached hydrogens (primary N) is 1. The maximum atomic E-state index is 10.1. The average Bonchev–Trinajstić information content (AvgIpc) is 1.87. The molecule has 0 radical (unpaired) electrons. The first-order valence-electron chi connectivity index (χ1n) is 3.25. The lowest BCUT2D eigenvalue weighted by atomic mass is 10.3. The smallest absolute Gasteiger partial charge is 0.167 e. The summed E-state index contributed by atoms with van der Waals surface area (Å²) in [5.74, 6) is 0.157. The number of nitrogens with one attached hydrogen (secondary N) is 1. The first-order chi connectivity index (χ1) is 4.77. The van der Waals surface area contributed by atoms with Gasteiger partial charge < -0.3 is 15.6 Å². The van der Waals surface area contributed by atoms with Crippen LogP contribution in [-0.4, -0.2) is 27.7 Å². The molecule has 0 fully saturated rings. The fourth-order valence-corrected chi connectivity index (χ4v) is 0.873. The summed E-state index contributed by atoms with van der Waals surface area (Å²) in [6.07, 6.45) is 1.93. The standard InChI is InChI=1S/C5H14N2O2S/c6-3-1-2-4-7-5-10(8)9/h7H,1-6H2,(H,8,9). The predicted octanol–water partition coefficient (Wildman–Crippen LogP) is -0.506. The van der Waals surface area contributed by atoms with Crippen molar-refractivity contribution in [3.8, 4) is 0 Å². The van der Waals surface area contributed by atoms with Crippen molar-refractivity contribution in [2.24, 2.45) is 5.73 Å². The van der Waals surface area contributed by atoms with E-state index in [1.54, 1.807) is 0 Å². The molecule has 0 amide bonds. The molecule has 0 saturated heterocycles. The molecule has 0 aromatic heterocycles. The van der Waals surface area contributed by atoms with Crippen LogP contribution in [0.1, 0.15) is 12.8 Å². The van der Waals surface area contributed by atoms with Crippen LogP contribution < -0.4 is 11.1 Å². The van der Waals surface area contributed by atoms with Gasteiger partial charge in [0.25, 0.3) is 0 Å². The summed E-state index contributed by atoms with van der Waals surface area (Å²) in [5.41, 5.74) is 5.23. The van der Waals surface area contributed by atoms with Gasteiger partial charge in [-0.15, -0.1) is 0 Å². The van der Waals surface area contributed by atoms with Crippen LogP contribution in [0.4, 0.5) is 0 Å². The van der Waals surface area contributed by atoms with Crippen molar-refractivity contribution in [3.05, 3.63) is 0 Å². The van der Waals surface area contributed by atoms with Gasteiger partial charge in [-0.3, -0.25) is 0 Å². The van der Waals surface area contributed by atoms with Crippen LogP contribution in [0, 0.1) is 0 Å². The Hall–Kier alpha value is 0.0300. The maximum Gasteiger partial charge on any atom is 0.167 e. The van der Waals surface area contributed by atoms with E-state index in [9.17, 15) is 4.21 Å². The molecule has 5 heteroatoms. The Morgan fingerprint density at radius 3 is 2.70 bits per heavy atom. The lowest BCUT2D eigenvalue weighted by Crippen LogP contribution is -2.20. The zero-order valence-corrected chi connectivity index (χ0v) is 6.69. The van der Waals surface area contributed by atoms with Crippen molar-refractivity contribution < 1.29 is 8.76 Å². The van der Waals surface area contributed by atoms with E-state index < -0.39 is 11.1 Å². The fraction of sp³-hybridized carbons (Fsp3) is 1.00. The molecule has 4 nitrogen and oxygen atoms in total. The lowest BCUT2D eigenvalue weighted by molar-refractivity contribution is 0.553. The minimum absolute atomic E-state index is 0.157. The molecular formula is C5H14N2O2S. The molecule has 0 aliphatic rings. The summed E-state index contributed by atoms with van der Waals surface area (Å²) < 4.78 is 18.3. The summed E-state index contributed by atoms with van der Waals surface area (Å²) in [4.78, 5) is 0. The third kappa shape index (κ3) is 8.03. The van der Waals surface area contributed by atoms with E-state index in [1.165, 1.54) is 0 Å². The molecule has 10 heavy (non-hydrogen) atoms. The fourth-order valence-electron chi connectivity index (χ4n) is 0.554. The highest BCUT2D eigenvalue weighted by Gasteiger charge is 1.90. The summed E-state index contributed by atoms with van der Waals surface area (Å²) in [6.45, 7) is 1.45. The normalized spacial score (nSPS) is 13.4. The Morgan fingerprint density at radius 1 is 1.50 bits per heavy atom. The Labute approximate surface area is 63.5 Å². The van der Waals surface area contributed by atoms with E-state index in [2.05, 4.69) is 5.32 Å². The van der Waals surface area contributed by atoms with E-state index in [4.69, 9.17) is 10.3 Å². The summed E-state index contributed by atoms with van der Waals surface area (Å²) in [5, 5.41) is 2.81. The molecule has 4 N–H and O–H groups in total. The predicted molar refractivity (Wildman–Crippen MR) is 41.9 cm³/mol. The maximum absolute atomic E-state index is 10.1. The Bertz CT molecular complexity index is 99.6. The van der Waals surface area contributed by atoms with Crippen LogP contribution in [0.15, 0.2) is 0 Å². The van der Waals surface area contributed by atoms with Gasteiger partial charge in [0.2, 0.25) is 0 Å². The molecule has 62 valence electrons. The molecule has 0 saturated carbocycles. The van der Waals surface area contributed by atoms with Gasteiger partial charge in [0, 0.05) is 0 Å². The zero-order chi connectivity index (χ0) is 7.82. The Balaban J connectivity index is 2.84. The topological polar surface area (TPSA) is 75.3 Å². The van der Waals surface area contributed by atoms with Crippen LogP contribution in [0.2, 0.25) is 0 Å². The number of hydrogen-bond acceptors (Lipinski definition) is 3. The van der Waals surface area contributed by atoms with E-state index in [-0.39, 0.29) is 5.88 Å². The molecular weight excluding hydrogens is 152 g/mol. The van der Waals surface area contributed by atoms with E-state index >= 15 is 0 Å². The molecule has 1 atom stereocenters. The van der Waals surface area contributed by atoms with E-state index in [1.807, 2.05) is 0 Å². The highest BCUT2D eigenvalue weighted by Crippen LogP contribution is 1.81. The van der Waals surface area contributed by atoms with Crippen LogP contribution in [0.3, 0.4) is 0 Å². The monoisotopic (exact) mass is 166 g/mol. The molecule has 0 rings (SSSR count). The first-order valence-corrected chi connectivity index (χ1v) is 4.53. The van der Waals surface area contributed by atoms with Gasteiger partial charge in [0.15, 0.2) is 11.1 Å². The molecule has 0 heterocycles. The molecule has 0 aliphatic heterocycles. The highest BCUT2D eigenvalue weighted by molar-refractivity contribution is 7.79. The Kier molecular flexibility index (Phi) is 7.16. The van der Waals surface area contributed by atoms with E-state index in [0.717, 1.165) is 19.4 Å². The Morgan fingerprint density at radius 2 is 2.20 bits per heavy atom. The summed E-state index contributed by atoms with van der Waals surface area (Å²) >= 11 is -1.71. The minimum atomic E-state index is -1.71. The van der Waals surface area contributed by atoms with Crippen molar-refractivity contribution in [3.63, 3.8) is 0 Å². The largest absolute Gasteiger partial charge is 0.330 e. The van der Waals surface area contributed by atoms with Crippen molar-refractivity contribution in [2.75, 3.05) is 19.0 Å². The molecule has 0 bridgehead atoms. The third-order valence-electron chi connectivity index (χ3n) is 1.03. The second-order valence-corrected chi connectivity index (χ2v) is 2.89. The van der Waals surface area contributed by atoms with Crippen LogP contribution in [0.25, 0.3) is 0 Å². The first kappa shape index (κ1) is 10.0. The van der Waals surface area contributed by atoms with Gasteiger partial charge in [-0.1, -0.05) is 0 Å². The molecule has 1 unspecified atom stereocenters. The minimum Gasteiger partial charge on any atom is -0.330 e. The number of unbranched alkanes of at least 4 members (excludes halogenated alkanes) is 1. The number of hydrogen-bond donors (Lipinski definition) is 3. The second kappa shape index (κ2) is 7.14. The molecule has 0 aromatic carbocycles. The number of rotatable bonds is 6. The van der Waals surface area contributed by atoms with Gasteiger partial charge >= 0.3 is 0 Å². The van der Waals surface area contributed by atoms with Crippen molar-refractivity contribution in [1.82, 2.24) is 5.32 Å². The van der Waals surface area contributed by atoms with Gasteiger partial charge in [-0.25, -0.2) is 4.21 Å². The zero-order valence-electron chi connectivity index (χ0n) is 5.88. The lowest BCUT2D eigenvalue weighted by Gasteiger charge is -1.99. The average molecular weight is 166 g/mol. The molecule has 0 spiro atoms. The van der Waals surface area contributed by atoms with Crippen LogP contribution >= 0.6 is 0 Å². The summed E-state index contributed by atoms with van der Waals surface area (Å²) in [7, 11) is 0. The van der Waals surface area contributed by atoms with Gasteiger partial charge in [0.1, 0.15) is 0 Å². The van der Waals surface area contributed by atoms with Gasteiger partial charge in [0.05, 0.1) is 5.88 Å². The summed E-state index contributed by atoms with van der Waals surface area (Å²) in [6, 6.07) is 0. The van der Waals surface area contributed by atoms with Gasteiger partial charge in [-0.05, 0) is 25.9 Å². The third-order valence-corrected chi connectivity index (χ3v) is 1.48. The molecule has 0 aromatic rings.